The third-order valence-corrected chi connectivity index (χ3v) is 8.65. The predicted octanol–water partition coefficient (Wildman–Crippen LogP) is 8.01. The molecule has 4 aromatic rings. The summed E-state index contributed by atoms with van der Waals surface area (Å²) in [5.41, 5.74) is 0. The van der Waals surface area contributed by atoms with Gasteiger partial charge in [-0.05, 0) is 0 Å². The van der Waals surface area contributed by atoms with Crippen LogP contribution in [0.3, 0.4) is 0 Å². The fourth-order valence-electron chi connectivity index (χ4n) is 1.89. The molecule has 5 heteroatoms. The van der Waals surface area contributed by atoms with E-state index in [-0.39, 0.29) is 0 Å². The van der Waals surface area contributed by atoms with Crippen molar-refractivity contribution in [3.8, 4) is 0 Å². The Kier molecular flexibility index (Phi) is 8.89. The van der Waals surface area contributed by atoms with E-state index in [1.165, 1.54) is 37.4 Å². The van der Waals surface area contributed by atoms with Gasteiger partial charge in [0.25, 0.3) is 0 Å². The van der Waals surface area contributed by atoms with Crippen molar-refractivity contribution in [2.75, 3.05) is 0 Å². The summed E-state index contributed by atoms with van der Waals surface area (Å²) in [5.74, 6) is 4.34. The maximum Gasteiger partial charge on any atom is -0.0857 e. The van der Waals surface area contributed by atoms with Crippen LogP contribution in [-0.4, -0.2) is 3.71 Å². The molecular weight excluding hydrogens is 440 g/mol. The van der Waals surface area contributed by atoms with Crippen LogP contribution >= 0.6 is 33.4 Å². The Balaban J connectivity index is 0.000000132. The number of fused-ring (bicyclic) bond motifs is 2. The van der Waals surface area contributed by atoms with E-state index in [9.17, 15) is 0 Å². The Bertz CT molecular complexity index is 750. The van der Waals surface area contributed by atoms with Crippen molar-refractivity contribution in [1.29, 1.82) is 0 Å². The molecule has 0 N–H and O–H groups in total. The van der Waals surface area contributed by atoms with Crippen LogP contribution in [0, 0.1) is 0 Å². The summed E-state index contributed by atoms with van der Waals surface area (Å²) in [6.45, 7) is 1.90. The molecule has 0 saturated carbocycles. The molecule has 0 bridgehead atoms. The first kappa shape index (κ1) is 19.2. The number of halogens is 2. The smallest absolute Gasteiger partial charge is 0.0857 e. The zero-order chi connectivity index (χ0) is 16.5. The average Bonchev–Trinajstić information content (AvgIpc) is 3.24. The van der Waals surface area contributed by atoms with Crippen molar-refractivity contribution < 1.29 is 18.9 Å². The van der Waals surface area contributed by atoms with Crippen LogP contribution in [0.4, 0.5) is 0 Å². The number of benzene rings is 2. The molecule has 2 heterocycles. The van der Waals surface area contributed by atoms with Crippen molar-refractivity contribution >= 4 is 58.1 Å². The average molecular weight is 456 g/mol. The molecule has 0 nitrogen and oxygen atoms in total. The van der Waals surface area contributed by atoms with Crippen LogP contribution in [0.2, 0.25) is 0 Å². The minimum absolute atomic E-state index is 1.34. The Hall–Kier alpha value is -0.147. The molecule has 2 aromatic carbocycles. The van der Waals surface area contributed by atoms with Crippen molar-refractivity contribution in [1.82, 2.24) is 0 Å². The van der Waals surface area contributed by atoms with Crippen LogP contribution in [0.5, 0.6) is 0 Å². The first-order chi connectivity index (χ1) is 11.2. The van der Waals surface area contributed by atoms with Crippen LogP contribution in [0.25, 0.3) is 21.0 Å². The number of hydrogen-bond donors (Lipinski definition) is 0. The van der Waals surface area contributed by atoms with Crippen LogP contribution in [-0.2, 0) is 18.9 Å². The maximum atomic E-state index is 5.37. The van der Waals surface area contributed by atoms with Crippen LogP contribution in [0.15, 0.2) is 72.3 Å². The molecule has 23 heavy (non-hydrogen) atoms. The van der Waals surface area contributed by atoms with E-state index in [2.05, 4.69) is 72.3 Å². The molecule has 0 aliphatic heterocycles. The summed E-state index contributed by atoms with van der Waals surface area (Å²) in [7, 11) is 13.4. The van der Waals surface area contributed by atoms with Gasteiger partial charge in [-0.2, -0.15) is 51.4 Å². The van der Waals surface area contributed by atoms with E-state index < -0.39 is 18.9 Å². The van der Waals surface area contributed by atoms with E-state index in [0.717, 1.165) is 0 Å². The normalized spacial score (nSPS) is 10.2. The summed E-state index contributed by atoms with van der Waals surface area (Å²) < 4.78 is 1.89. The topological polar surface area (TPSA) is 0 Å². The van der Waals surface area contributed by atoms with E-state index in [1.807, 2.05) is 10.6 Å². The summed E-state index contributed by atoms with van der Waals surface area (Å²) in [6, 6.07) is 21.3. The van der Waals surface area contributed by atoms with Gasteiger partial charge in [-0.25, -0.2) is 0 Å². The molecule has 0 aliphatic carbocycles. The minimum Gasteiger partial charge on any atom is -0.176 e. The van der Waals surface area contributed by atoms with E-state index in [4.69, 9.17) is 17.0 Å². The second kappa shape index (κ2) is 10.7. The summed E-state index contributed by atoms with van der Waals surface area (Å²) in [6.07, 6.45) is 0. The number of rotatable bonds is 0. The van der Waals surface area contributed by atoms with Gasteiger partial charge in [-0.3, -0.25) is 0 Å². The van der Waals surface area contributed by atoms with E-state index in [1.54, 1.807) is 0 Å². The first-order valence-electron chi connectivity index (χ1n) is 7.11. The second-order valence-corrected chi connectivity index (χ2v) is 15.5. The standard InChI is InChI=1S/2C8H6P.C2H4.2ClH.Zr/c2*1-2-4-8-7(3-1)5-6-9-8;1-2;;;/h2*1-6H;1H,2H3;2*1H;/q2*-1;;;;+2/p-2. The van der Waals surface area contributed by atoms with Crippen molar-refractivity contribution in [2.45, 2.75) is 6.92 Å². The van der Waals surface area contributed by atoms with E-state index >= 15 is 0 Å². The molecule has 0 saturated heterocycles. The molecule has 118 valence electrons. The quantitative estimate of drug-likeness (QED) is 0.235. The molecule has 0 atom stereocenters. The molecule has 0 aliphatic rings. The third kappa shape index (κ3) is 6.70. The zero-order valence-corrected chi connectivity index (χ0v) is 18.4. The van der Waals surface area contributed by atoms with Crippen molar-refractivity contribution in [3.05, 3.63) is 72.3 Å². The molecule has 0 spiro atoms. The first-order valence-corrected chi connectivity index (χ1v) is 16.8. The Morgan fingerprint density at radius 1 is 0.826 bits per heavy atom. The summed E-state index contributed by atoms with van der Waals surface area (Å²) in [5, 5.41) is 5.60. The van der Waals surface area contributed by atoms with Crippen LogP contribution < -0.4 is 0 Å². The van der Waals surface area contributed by atoms with Crippen molar-refractivity contribution in [2.24, 2.45) is 0 Å². The second-order valence-electron chi connectivity index (χ2n) is 4.59. The predicted molar refractivity (Wildman–Crippen MR) is 108 cm³/mol. The van der Waals surface area contributed by atoms with E-state index in [0.29, 0.717) is 0 Å². The summed E-state index contributed by atoms with van der Waals surface area (Å²) >= 11 is -1.76. The molecular formula is C18H16Cl2P2Zr-2. The maximum absolute atomic E-state index is 5.37. The van der Waals surface area contributed by atoms with Gasteiger partial charge >= 0.3 is 46.5 Å². The van der Waals surface area contributed by atoms with Gasteiger partial charge in [-0.15, -0.1) is 46.1 Å². The van der Waals surface area contributed by atoms with Gasteiger partial charge in [0.05, 0.1) is 0 Å². The largest absolute Gasteiger partial charge is 0.176 e. The molecule has 0 radical (unpaired) electrons. The van der Waals surface area contributed by atoms with Gasteiger partial charge < -0.3 is 0 Å². The van der Waals surface area contributed by atoms with Gasteiger partial charge in [-0.1, -0.05) is 12.1 Å². The Morgan fingerprint density at radius 2 is 1.22 bits per heavy atom. The fourth-order valence-corrected chi connectivity index (χ4v) is 3.62. The molecule has 0 unspecified atom stereocenters. The molecule has 2 aromatic heterocycles. The molecule has 0 amide bonds. The molecule has 4 rings (SSSR count). The van der Waals surface area contributed by atoms with Gasteiger partial charge in [0.2, 0.25) is 0 Å². The van der Waals surface area contributed by atoms with Gasteiger partial charge in [0.15, 0.2) is 0 Å². The monoisotopic (exact) mass is 454 g/mol. The SMILES string of the molecule is C[CH]=[Zr]([Cl])[Cl].c1ccc2pc[cH-]c2c1.c1ccc2pc[cH-]c2c1. The number of hydrogen-bond acceptors (Lipinski definition) is 0. The molecule has 0 fully saturated rings. The van der Waals surface area contributed by atoms with Gasteiger partial charge in [0, 0.05) is 0 Å². The van der Waals surface area contributed by atoms with Crippen molar-refractivity contribution in [3.63, 3.8) is 0 Å². The fraction of sp³-hybridized carbons (Fsp3) is 0.0556. The Morgan fingerprint density at radius 3 is 1.57 bits per heavy atom. The minimum atomic E-state index is -1.76. The summed E-state index contributed by atoms with van der Waals surface area (Å²) in [4.78, 5) is 0. The van der Waals surface area contributed by atoms with Gasteiger partial charge in [0.1, 0.15) is 0 Å². The third-order valence-electron chi connectivity index (χ3n) is 3.03. The van der Waals surface area contributed by atoms with Crippen LogP contribution in [0.1, 0.15) is 6.92 Å². The Labute approximate surface area is 155 Å². The zero-order valence-electron chi connectivity index (χ0n) is 12.7.